The van der Waals surface area contributed by atoms with Gasteiger partial charge in [0.25, 0.3) is 10.0 Å². The lowest BCUT2D eigenvalue weighted by Crippen LogP contribution is -2.56. The molecule has 1 aliphatic rings. The maximum Gasteiger partial charge on any atom is 0.416 e. The number of likely N-dealkylation sites (N-methyl/N-ethyl adjacent to an activating group) is 1. The van der Waals surface area contributed by atoms with E-state index >= 15 is 4.39 Å². The molecular weight excluding hydrogens is 656 g/mol. The molecule has 1 saturated heterocycles. The normalized spacial score (nSPS) is 18.2. The number of rotatable bonds is 10. The van der Waals surface area contributed by atoms with Gasteiger partial charge in [0.2, 0.25) is 10.0 Å². The zero-order valence-electron chi connectivity index (χ0n) is 22.9. The third-order valence-electron chi connectivity index (χ3n) is 6.76. The van der Waals surface area contributed by atoms with E-state index in [1.54, 1.807) is 19.0 Å². The number of alkyl halides is 3. The lowest BCUT2D eigenvalue weighted by Gasteiger charge is -2.41. The number of hydrogen-bond donors (Lipinski definition) is 1. The Bertz CT molecular complexity index is 1730. The standard InChI is InChI=1S/C25H25ClF4N6O6S2/c1-34(2)22-13-35(43(38,39)17-5-3-4-16(10-17)25(28,29)30)9-7-20(22)33-21-12-19(27)23(11-18(21)26)44(40,41)36(42-15-37)24-6-8-31-14-32-24/h3-6,8,10-12,14-15,20,22,33H,7,9,13H2,1-2H3/t20-,22-/m0/s1. The second-order valence-electron chi connectivity index (χ2n) is 9.72. The SMILES string of the molecule is CN(C)[C@H]1CN(S(=O)(=O)c2cccc(C(F)(F)F)c2)CC[C@@H]1Nc1cc(F)c(S(=O)(=O)N(OC=O)c2ccncn2)cc1Cl. The van der Waals surface area contributed by atoms with Crippen LogP contribution in [-0.4, -0.2) is 81.7 Å². The van der Waals surface area contributed by atoms with Crippen molar-refractivity contribution in [3.8, 4) is 0 Å². The Hall–Kier alpha value is -3.58. The zero-order chi connectivity index (χ0) is 32.4. The number of carbonyl (C=O) groups excluding carboxylic acids is 1. The van der Waals surface area contributed by atoms with Crippen LogP contribution in [0.3, 0.4) is 0 Å². The van der Waals surface area contributed by atoms with E-state index in [0.29, 0.717) is 6.07 Å². The molecule has 2 heterocycles. The summed E-state index contributed by atoms with van der Waals surface area (Å²) in [5.74, 6) is -1.64. The summed E-state index contributed by atoms with van der Waals surface area (Å²) in [6, 6.07) is 5.10. The summed E-state index contributed by atoms with van der Waals surface area (Å²) in [7, 11) is -5.84. The summed E-state index contributed by atoms with van der Waals surface area (Å²) >= 11 is 6.35. The first-order valence-electron chi connectivity index (χ1n) is 12.6. The molecule has 0 unspecified atom stereocenters. The van der Waals surface area contributed by atoms with Crippen molar-refractivity contribution in [2.75, 3.05) is 37.0 Å². The van der Waals surface area contributed by atoms with Crippen LogP contribution in [0.5, 0.6) is 0 Å². The lowest BCUT2D eigenvalue weighted by atomic mass is 9.99. The van der Waals surface area contributed by atoms with E-state index in [1.807, 2.05) is 0 Å². The molecule has 0 spiro atoms. The Balaban J connectivity index is 1.58. The van der Waals surface area contributed by atoms with E-state index in [9.17, 15) is 34.8 Å². The van der Waals surface area contributed by atoms with Crippen LogP contribution >= 0.6 is 11.6 Å². The molecule has 0 saturated carbocycles. The summed E-state index contributed by atoms with van der Waals surface area (Å²) < 4.78 is 109. The predicted octanol–water partition coefficient (Wildman–Crippen LogP) is 3.38. The van der Waals surface area contributed by atoms with E-state index in [-0.39, 0.29) is 47.0 Å². The van der Waals surface area contributed by atoms with E-state index in [4.69, 9.17) is 11.6 Å². The van der Waals surface area contributed by atoms with Crippen molar-refractivity contribution in [3.05, 3.63) is 71.4 Å². The molecule has 1 N–H and O–H groups in total. The van der Waals surface area contributed by atoms with E-state index in [2.05, 4.69) is 20.1 Å². The summed E-state index contributed by atoms with van der Waals surface area (Å²) in [5.41, 5.74) is -1.11. The fourth-order valence-electron chi connectivity index (χ4n) is 4.58. The Kier molecular flexibility index (Phi) is 9.69. The Morgan fingerprint density at radius 1 is 1.14 bits per heavy atom. The third-order valence-corrected chi connectivity index (χ3v) is 10.5. The molecule has 0 radical (unpaired) electrons. The molecule has 1 aliphatic heterocycles. The van der Waals surface area contributed by atoms with Crippen molar-refractivity contribution in [2.24, 2.45) is 0 Å². The van der Waals surface area contributed by atoms with Crippen molar-refractivity contribution in [2.45, 2.75) is 34.5 Å². The quantitative estimate of drug-likeness (QED) is 0.192. The molecule has 44 heavy (non-hydrogen) atoms. The van der Waals surface area contributed by atoms with Gasteiger partial charge in [-0.15, -0.1) is 0 Å². The molecule has 0 bridgehead atoms. The van der Waals surface area contributed by atoms with Gasteiger partial charge in [0.1, 0.15) is 17.0 Å². The molecule has 0 amide bonds. The van der Waals surface area contributed by atoms with Crippen LogP contribution in [0.4, 0.5) is 29.1 Å². The van der Waals surface area contributed by atoms with Gasteiger partial charge in [-0.1, -0.05) is 22.1 Å². The minimum atomic E-state index is -4.86. The number of nitrogens with one attached hydrogen (secondary N) is 1. The Labute approximate surface area is 255 Å². The number of sulfonamides is 2. The predicted molar refractivity (Wildman–Crippen MR) is 150 cm³/mol. The van der Waals surface area contributed by atoms with Crippen molar-refractivity contribution >= 4 is 49.6 Å². The molecular formula is C25H25ClF4N6O6S2. The number of hydrogen-bond acceptors (Lipinski definition) is 10. The molecule has 12 nitrogen and oxygen atoms in total. The summed E-state index contributed by atoms with van der Waals surface area (Å²) in [4.78, 5) is 23.2. The van der Waals surface area contributed by atoms with Crippen LogP contribution in [0, 0.1) is 5.82 Å². The first-order valence-corrected chi connectivity index (χ1v) is 15.8. The van der Waals surface area contributed by atoms with Crippen LogP contribution < -0.4 is 9.79 Å². The Morgan fingerprint density at radius 2 is 1.86 bits per heavy atom. The highest BCUT2D eigenvalue weighted by atomic mass is 35.5. The molecule has 19 heteroatoms. The van der Waals surface area contributed by atoms with Gasteiger partial charge < -0.3 is 15.1 Å². The number of nitrogens with zero attached hydrogens (tertiary/aromatic N) is 5. The van der Waals surface area contributed by atoms with Gasteiger partial charge in [-0.2, -0.15) is 25.9 Å². The van der Waals surface area contributed by atoms with Crippen LogP contribution in [-0.2, 0) is 35.9 Å². The minimum absolute atomic E-state index is 0.0148. The molecule has 3 aromatic rings. The number of halogens is 5. The molecule has 0 aliphatic carbocycles. The molecule has 1 fully saturated rings. The number of anilines is 2. The fraction of sp³-hybridized carbons (Fsp3) is 0.320. The van der Waals surface area contributed by atoms with Crippen molar-refractivity contribution in [1.29, 1.82) is 0 Å². The van der Waals surface area contributed by atoms with Crippen LogP contribution in [0.25, 0.3) is 0 Å². The number of aromatic nitrogens is 2. The molecule has 1 aromatic heterocycles. The van der Waals surface area contributed by atoms with Crippen molar-refractivity contribution < 1.29 is 44.0 Å². The van der Waals surface area contributed by atoms with Gasteiger partial charge >= 0.3 is 12.6 Å². The molecule has 238 valence electrons. The topological polar surface area (TPSA) is 142 Å². The average molecular weight is 681 g/mol. The zero-order valence-corrected chi connectivity index (χ0v) is 25.3. The van der Waals surface area contributed by atoms with Gasteiger partial charge in [0, 0.05) is 37.4 Å². The number of benzene rings is 2. The maximum absolute atomic E-state index is 15.3. The number of carbonyl (C=O) groups is 1. The summed E-state index contributed by atoms with van der Waals surface area (Å²) in [5, 5.41) is 2.80. The third kappa shape index (κ3) is 6.88. The second-order valence-corrected chi connectivity index (χ2v) is 13.8. The molecule has 4 rings (SSSR count). The van der Waals surface area contributed by atoms with Gasteiger partial charge in [-0.3, -0.25) is 4.79 Å². The summed E-state index contributed by atoms with van der Waals surface area (Å²) in [6.07, 6.45) is -2.44. The van der Waals surface area contributed by atoms with Gasteiger partial charge in [-0.05, 0) is 50.8 Å². The number of piperidine rings is 1. The molecule has 2 aromatic carbocycles. The highest BCUT2D eigenvalue weighted by Crippen LogP contribution is 2.35. The van der Waals surface area contributed by atoms with Crippen molar-refractivity contribution in [3.63, 3.8) is 0 Å². The largest absolute Gasteiger partial charge is 0.416 e. The highest BCUT2D eigenvalue weighted by Gasteiger charge is 2.39. The monoisotopic (exact) mass is 680 g/mol. The van der Waals surface area contributed by atoms with Crippen molar-refractivity contribution in [1.82, 2.24) is 19.2 Å². The van der Waals surface area contributed by atoms with E-state index in [0.717, 1.165) is 47.0 Å². The fourth-order valence-corrected chi connectivity index (χ4v) is 7.64. The summed E-state index contributed by atoms with van der Waals surface area (Å²) in [6.45, 7) is -0.410. The van der Waals surface area contributed by atoms with Gasteiger partial charge in [0.05, 0.1) is 21.2 Å². The van der Waals surface area contributed by atoms with Crippen LogP contribution in [0.2, 0.25) is 5.02 Å². The van der Waals surface area contributed by atoms with Gasteiger partial charge in [-0.25, -0.2) is 22.8 Å². The minimum Gasteiger partial charge on any atom is -0.379 e. The second kappa shape index (κ2) is 12.8. The van der Waals surface area contributed by atoms with Gasteiger partial charge in [0.15, 0.2) is 5.82 Å². The smallest absolute Gasteiger partial charge is 0.379 e. The average Bonchev–Trinajstić information content (AvgIpc) is 2.97. The first kappa shape index (κ1) is 33.3. The molecule has 2 atom stereocenters. The lowest BCUT2D eigenvalue weighted by molar-refractivity contribution is -0.137. The first-order chi connectivity index (χ1) is 20.6. The maximum atomic E-state index is 15.3. The van der Waals surface area contributed by atoms with Crippen LogP contribution in [0.15, 0.2) is 64.8 Å². The highest BCUT2D eigenvalue weighted by molar-refractivity contribution is 7.92. The van der Waals surface area contributed by atoms with E-state index in [1.165, 1.54) is 6.20 Å². The Morgan fingerprint density at radius 3 is 2.48 bits per heavy atom. The van der Waals surface area contributed by atoms with Crippen LogP contribution in [0.1, 0.15) is 12.0 Å². The van der Waals surface area contributed by atoms with E-state index < -0.39 is 59.5 Å².